The van der Waals surface area contributed by atoms with Crippen molar-refractivity contribution in [2.75, 3.05) is 26.7 Å². The number of halogens is 1. The van der Waals surface area contributed by atoms with Crippen LogP contribution in [0.15, 0.2) is 35.3 Å². The van der Waals surface area contributed by atoms with Gasteiger partial charge in [-0.25, -0.2) is 4.99 Å². The lowest BCUT2D eigenvalue weighted by Gasteiger charge is -2.12. The van der Waals surface area contributed by atoms with Crippen molar-refractivity contribution in [3.8, 4) is 5.75 Å². The minimum atomic E-state index is -0.124. The van der Waals surface area contributed by atoms with Crippen LogP contribution >= 0.6 is 24.0 Å². The number of aromatic nitrogens is 2. The average Bonchev–Trinajstić information content (AvgIpc) is 3.04. The van der Waals surface area contributed by atoms with Crippen LogP contribution in [-0.2, 0) is 17.9 Å². The third-order valence-electron chi connectivity index (χ3n) is 4.32. The summed E-state index contributed by atoms with van der Waals surface area (Å²) in [6, 6.07) is 9.68. The Kier molecular flexibility index (Phi) is 11.9. The third kappa shape index (κ3) is 9.02. The molecule has 2 aromatic rings. The molecule has 0 spiro atoms. The second-order valence-electron chi connectivity index (χ2n) is 6.75. The molecule has 9 heteroatoms. The fourth-order valence-electron chi connectivity index (χ4n) is 2.83. The van der Waals surface area contributed by atoms with Gasteiger partial charge in [0.2, 0.25) is 5.91 Å². The van der Waals surface area contributed by atoms with E-state index in [4.69, 9.17) is 4.74 Å². The third-order valence-corrected chi connectivity index (χ3v) is 4.32. The predicted octanol–water partition coefficient (Wildman–Crippen LogP) is 2.39. The van der Waals surface area contributed by atoms with Gasteiger partial charge in [-0.2, -0.15) is 5.10 Å². The Labute approximate surface area is 195 Å². The van der Waals surface area contributed by atoms with Crippen molar-refractivity contribution < 1.29 is 9.53 Å². The quantitative estimate of drug-likeness (QED) is 0.191. The number of nitrogens with one attached hydrogen (secondary N) is 3. The zero-order valence-electron chi connectivity index (χ0n) is 18.2. The van der Waals surface area contributed by atoms with Crippen molar-refractivity contribution in [3.63, 3.8) is 0 Å². The van der Waals surface area contributed by atoms with E-state index in [0.29, 0.717) is 12.5 Å². The van der Waals surface area contributed by atoms with Gasteiger partial charge < -0.3 is 20.7 Å². The Morgan fingerprint density at radius 1 is 1.17 bits per heavy atom. The lowest BCUT2D eigenvalue weighted by molar-refractivity contribution is -0.119. The fourth-order valence-corrected chi connectivity index (χ4v) is 2.83. The van der Waals surface area contributed by atoms with Crippen molar-refractivity contribution in [1.82, 2.24) is 25.7 Å². The van der Waals surface area contributed by atoms with Gasteiger partial charge in [0.15, 0.2) is 5.96 Å². The molecule has 0 aliphatic carbocycles. The van der Waals surface area contributed by atoms with Gasteiger partial charge in [-0.3, -0.25) is 9.48 Å². The van der Waals surface area contributed by atoms with E-state index in [1.165, 1.54) is 0 Å². The molecular formula is C21H33IN6O2. The summed E-state index contributed by atoms with van der Waals surface area (Å²) >= 11 is 0. The maximum atomic E-state index is 12.1. The number of carbonyl (C=O) groups is 1. The van der Waals surface area contributed by atoms with Crippen molar-refractivity contribution in [1.29, 1.82) is 0 Å². The van der Waals surface area contributed by atoms with Crippen LogP contribution in [-0.4, -0.2) is 48.4 Å². The molecular weight excluding hydrogens is 495 g/mol. The molecule has 0 bridgehead atoms. The molecule has 0 unspecified atom stereocenters. The van der Waals surface area contributed by atoms with E-state index >= 15 is 0 Å². The average molecular weight is 528 g/mol. The SMILES string of the molecule is CCNC(=NCC(=O)NCc1ccc(OC)cc1)NCCCn1nc(C)cc1C.I. The van der Waals surface area contributed by atoms with Crippen molar-refractivity contribution in [3.05, 3.63) is 47.3 Å². The second-order valence-corrected chi connectivity index (χ2v) is 6.75. The van der Waals surface area contributed by atoms with Gasteiger partial charge in [-0.05, 0) is 51.0 Å². The summed E-state index contributed by atoms with van der Waals surface area (Å²) in [6.45, 7) is 8.91. The van der Waals surface area contributed by atoms with Gasteiger partial charge in [0, 0.05) is 31.9 Å². The van der Waals surface area contributed by atoms with Gasteiger partial charge in [0.05, 0.1) is 12.8 Å². The first-order chi connectivity index (χ1) is 14.0. The normalized spacial score (nSPS) is 10.9. The topological polar surface area (TPSA) is 92.6 Å². The Morgan fingerprint density at radius 3 is 2.50 bits per heavy atom. The van der Waals surface area contributed by atoms with Crippen LogP contribution in [0.1, 0.15) is 30.3 Å². The predicted molar refractivity (Wildman–Crippen MR) is 131 cm³/mol. The van der Waals surface area contributed by atoms with Gasteiger partial charge in [0.25, 0.3) is 0 Å². The first kappa shape index (κ1) is 25.7. The fraction of sp³-hybridized carbons (Fsp3) is 0.476. The molecule has 166 valence electrons. The number of rotatable bonds is 10. The summed E-state index contributed by atoms with van der Waals surface area (Å²) in [5, 5.41) is 13.8. The van der Waals surface area contributed by atoms with E-state index < -0.39 is 0 Å². The zero-order chi connectivity index (χ0) is 21.1. The molecule has 2 rings (SSSR count). The van der Waals surface area contributed by atoms with Gasteiger partial charge in [0.1, 0.15) is 12.3 Å². The minimum Gasteiger partial charge on any atom is -0.497 e. The standard InChI is InChI=1S/C21H32N6O2.HI/c1-5-22-21(23-11-6-12-27-17(3)13-16(2)26-27)25-15-20(28)24-14-18-7-9-19(29-4)10-8-18;/h7-10,13H,5-6,11-12,14-15H2,1-4H3,(H,24,28)(H2,22,23,25);1H. The van der Waals surface area contributed by atoms with Crippen LogP contribution < -0.4 is 20.7 Å². The summed E-state index contributed by atoms with van der Waals surface area (Å²) in [4.78, 5) is 16.5. The van der Waals surface area contributed by atoms with Crippen LogP contribution in [0, 0.1) is 13.8 Å². The highest BCUT2D eigenvalue weighted by Gasteiger charge is 2.04. The molecule has 0 aliphatic rings. The number of guanidine groups is 1. The van der Waals surface area contributed by atoms with Crippen LogP contribution in [0.5, 0.6) is 5.75 Å². The van der Waals surface area contributed by atoms with E-state index in [-0.39, 0.29) is 36.4 Å². The van der Waals surface area contributed by atoms with Crippen molar-refractivity contribution in [2.45, 2.75) is 40.3 Å². The van der Waals surface area contributed by atoms with E-state index in [1.54, 1.807) is 7.11 Å². The molecule has 1 aromatic heterocycles. The van der Waals surface area contributed by atoms with E-state index in [2.05, 4.69) is 39.0 Å². The van der Waals surface area contributed by atoms with Crippen LogP contribution in [0.3, 0.4) is 0 Å². The zero-order valence-corrected chi connectivity index (χ0v) is 20.5. The smallest absolute Gasteiger partial charge is 0.242 e. The van der Waals surface area contributed by atoms with Crippen molar-refractivity contribution in [2.24, 2.45) is 4.99 Å². The number of carbonyl (C=O) groups excluding carboxylic acids is 1. The number of methoxy groups -OCH3 is 1. The molecule has 0 radical (unpaired) electrons. The summed E-state index contributed by atoms with van der Waals surface area (Å²) < 4.78 is 7.14. The number of benzene rings is 1. The number of aliphatic imine (C=N–C) groups is 1. The molecule has 30 heavy (non-hydrogen) atoms. The first-order valence-electron chi connectivity index (χ1n) is 9.94. The molecule has 0 saturated heterocycles. The first-order valence-corrected chi connectivity index (χ1v) is 9.94. The van der Waals surface area contributed by atoms with E-state index in [1.807, 2.05) is 42.8 Å². The highest BCUT2D eigenvalue weighted by Crippen LogP contribution is 2.10. The Morgan fingerprint density at radius 2 is 1.90 bits per heavy atom. The van der Waals surface area contributed by atoms with E-state index in [0.717, 1.165) is 48.8 Å². The Bertz CT molecular complexity index is 804. The Balaban J connectivity index is 0.00000450. The molecule has 3 N–H and O–H groups in total. The lowest BCUT2D eigenvalue weighted by Crippen LogP contribution is -2.39. The lowest BCUT2D eigenvalue weighted by atomic mass is 10.2. The summed E-state index contributed by atoms with van der Waals surface area (Å²) in [6.07, 6.45) is 0.913. The number of amides is 1. The monoisotopic (exact) mass is 528 g/mol. The van der Waals surface area contributed by atoms with E-state index in [9.17, 15) is 4.79 Å². The summed E-state index contributed by atoms with van der Waals surface area (Å²) in [5.41, 5.74) is 3.21. The molecule has 1 aromatic carbocycles. The van der Waals surface area contributed by atoms with Crippen LogP contribution in [0.4, 0.5) is 0 Å². The number of aryl methyl sites for hydroxylation is 3. The number of ether oxygens (including phenoxy) is 1. The Hall–Kier alpha value is -2.30. The molecule has 1 amide bonds. The summed E-state index contributed by atoms with van der Waals surface area (Å²) in [7, 11) is 1.63. The second kappa shape index (κ2) is 13.8. The largest absolute Gasteiger partial charge is 0.497 e. The summed E-state index contributed by atoms with van der Waals surface area (Å²) in [5.74, 6) is 1.31. The highest BCUT2D eigenvalue weighted by atomic mass is 127. The maximum absolute atomic E-state index is 12.1. The number of hydrogen-bond donors (Lipinski definition) is 3. The molecule has 8 nitrogen and oxygen atoms in total. The van der Waals surface area contributed by atoms with Crippen LogP contribution in [0.2, 0.25) is 0 Å². The molecule has 1 heterocycles. The van der Waals surface area contributed by atoms with Gasteiger partial charge in [-0.15, -0.1) is 24.0 Å². The van der Waals surface area contributed by atoms with Gasteiger partial charge in [-0.1, -0.05) is 12.1 Å². The number of nitrogens with zero attached hydrogens (tertiary/aromatic N) is 3. The maximum Gasteiger partial charge on any atom is 0.242 e. The van der Waals surface area contributed by atoms with Crippen molar-refractivity contribution >= 4 is 35.8 Å². The molecule has 0 aliphatic heterocycles. The van der Waals surface area contributed by atoms with Gasteiger partial charge >= 0.3 is 0 Å². The molecule has 0 atom stereocenters. The number of hydrogen-bond acceptors (Lipinski definition) is 4. The minimum absolute atomic E-state index is 0. The highest BCUT2D eigenvalue weighted by molar-refractivity contribution is 14.0. The molecule has 0 fully saturated rings. The van der Waals surface area contributed by atoms with Crippen LogP contribution in [0.25, 0.3) is 0 Å². The molecule has 0 saturated carbocycles.